The van der Waals surface area contributed by atoms with E-state index in [1.165, 1.54) is 0 Å². The summed E-state index contributed by atoms with van der Waals surface area (Å²) in [7, 11) is 1.62. The first-order chi connectivity index (χ1) is 15.0. The Bertz CT molecular complexity index is 1110. The van der Waals surface area contributed by atoms with Crippen LogP contribution in [0.25, 0.3) is 10.8 Å². The zero-order chi connectivity index (χ0) is 22.2. The summed E-state index contributed by atoms with van der Waals surface area (Å²) in [6, 6.07) is 18.2. The van der Waals surface area contributed by atoms with Crippen LogP contribution in [0.2, 0.25) is 0 Å². The number of ether oxygens (including phenoxy) is 1. The molecular formula is C24H25N3O4. The third-order valence-electron chi connectivity index (χ3n) is 4.80. The average molecular weight is 419 g/mol. The van der Waals surface area contributed by atoms with Crippen LogP contribution < -0.4 is 15.5 Å². The third kappa shape index (κ3) is 5.82. The molecule has 0 aromatic heterocycles. The smallest absolute Gasteiger partial charge is 0.275 e. The van der Waals surface area contributed by atoms with Crippen LogP contribution in [0, 0.1) is 0 Å². The fraction of sp³-hybridized carbons (Fsp3) is 0.208. The van der Waals surface area contributed by atoms with E-state index in [2.05, 4.69) is 15.8 Å². The molecular weight excluding hydrogens is 394 g/mol. The van der Waals surface area contributed by atoms with Crippen molar-refractivity contribution in [2.45, 2.75) is 19.8 Å². The van der Waals surface area contributed by atoms with E-state index < -0.39 is 5.91 Å². The molecule has 0 spiro atoms. The number of hydrogen-bond acceptors (Lipinski definition) is 5. The number of benzene rings is 3. The minimum atomic E-state index is -0.539. The quantitative estimate of drug-likeness (QED) is 0.385. The van der Waals surface area contributed by atoms with Gasteiger partial charge in [-0.2, -0.15) is 5.10 Å². The van der Waals surface area contributed by atoms with Crippen LogP contribution in [-0.2, 0) is 11.2 Å². The number of nitrogens with zero attached hydrogens (tertiary/aromatic N) is 1. The first kappa shape index (κ1) is 21.8. The van der Waals surface area contributed by atoms with Crippen molar-refractivity contribution in [3.05, 3.63) is 71.8 Å². The van der Waals surface area contributed by atoms with E-state index in [1.807, 2.05) is 36.4 Å². The van der Waals surface area contributed by atoms with Gasteiger partial charge in [0.1, 0.15) is 11.5 Å². The van der Waals surface area contributed by atoms with Gasteiger partial charge in [0, 0.05) is 17.6 Å². The van der Waals surface area contributed by atoms with Crippen LogP contribution >= 0.6 is 0 Å². The van der Waals surface area contributed by atoms with Crippen molar-refractivity contribution in [1.82, 2.24) is 10.7 Å². The zero-order valence-electron chi connectivity index (χ0n) is 17.5. The number of phenols is 1. The highest BCUT2D eigenvalue weighted by Gasteiger charge is 2.13. The summed E-state index contributed by atoms with van der Waals surface area (Å²) in [4.78, 5) is 24.5. The highest BCUT2D eigenvalue weighted by molar-refractivity contribution is 6.05. The standard InChI is InChI=1S/C24H25N3O4/c1-16(15-22(28)25-14-13-17-7-10-19(31-2)11-8-17)26-27-24(30)21-12-9-18-5-3-4-6-20(18)23(21)29/h3-12,29H,13-15H2,1-2H3,(H,25,28)(H,27,30). The summed E-state index contributed by atoms with van der Waals surface area (Å²) in [5, 5.41) is 18.6. The van der Waals surface area contributed by atoms with Crippen molar-refractivity contribution in [1.29, 1.82) is 0 Å². The number of amides is 2. The van der Waals surface area contributed by atoms with Gasteiger partial charge >= 0.3 is 0 Å². The number of hydrazone groups is 1. The first-order valence-electron chi connectivity index (χ1n) is 9.92. The lowest BCUT2D eigenvalue weighted by atomic mass is 10.1. The number of fused-ring (bicyclic) bond motifs is 1. The maximum absolute atomic E-state index is 12.4. The lowest BCUT2D eigenvalue weighted by Crippen LogP contribution is -2.28. The van der Waals surface area contributed by atoms with E-state index in [0.29, 0.717) is 24.1 Å². The maximum atomic E-state index is 12.4. The van der Waals surface area contributed by atoms with Gasteiger partial charge in [-0.05, 0) is 42.5 Å². The van der Waals surface area contributed by atoms with Crippen LogP contribution in [0.5, 0.6) is 11.5 Å². The summed E-state index contributed by atoms with van der Waals surface area (Å²) >= 11 is 0. The average Bonchev–Trinajstić information content (AvgIpc) is 2.78. The molecule has 0 saturated carbocycles. The number of aromatic hydroxyl groups is 1. The highest BCUT2D eigenvalue weighted by Crippen LogP contribution is 2.28. The van der Waals surface area contributed by atoms with Crippen molar-refractivity contribution in [2.75, 3.05) is 13.7 Å². The van der Waals surface area contributed by atoms with Gasteiger partial charge in [0.2, 0.25) is 5.91 Å². The van der Waals surface area contributed by atoms with E-state index in [-0.39, 0.29) is 23.6 Å². The monoisotopic (exact) mass is 419 g/mol. The largest absolute Gasteiger partial charge is 0.506 e. The number of nitrogens with one attached hydrogen (secondary N) is 2. The van der Waals surface area contributed by atoms with Crippen LogP contribution in [0.3, 0.4) is 0 Å². The Labute approximate surface area is 180 Å². The van der Waals surface area contributed by atoms with E-state index in [9.17, 15) is 14.7 Å². The number of hydrogen-bond donors (Lipinski definition) is 3. The Balaban J connectivity index is 1.49. The molecule has 0 fully saturated rings. The lowest BCUT2D eigenvalue weighted by molar-refractivity contribution is -0.119. The molecule has 0 unspecified atom stereocenters. The second kappa shape index (κ2) is 10.2. The van der Waals surface area contributed by atoms with Gasteiger partial charge in [0.05, 0.1) is 19.1 Å². The molecule has 0 radical (unpaired) electrons. The van der Waals surface area contributed by atoms with Crippen LogP contribution in [-0.4, -0.2) is 36.3 Å². The van der Waals surface area contributed by atoms with Gasteiger partial charge in [-0.3, -0.25) is 9.59 Å². The molecule has 2 amide bonds. The van der Waals surface area contributed by atoms with Crippen molar-refractivity contribution in [2.24, 2.45) is 5.10 Å². The van der Waals surface area contributed by atoms with E-state index in [4.69, 9.17) is 4.74 Å². The van der Waals surface area contributed by atoms with Crippen LogP contribution in [0.4, 0.5) is 0 Å². The van der Waals surface area contributed by atoms with E-state index in [0.717, 1.165) is 16.7 Å². The van der Waals surface area contributed by atoms with Crippen molar-refractivity contribution in [3.63, 3.8) is 0 Å². The van der Waals surface area contributed by atoms with Crippen molar-refractivity contribution in [3.8, 4) is 11.5 Å². The Morgan fingerprint density at radius 1 is 1.03 bits per heavy atom. The molecule has 0 aliphatic carbocycles. The molecule has 0 bridgehead atoms. The van der Waals surface area contributed by atoms with Gasteiger partial charge in [-0.1, -0.05) is 42.5 Å². The molecule has 0 heterocycles. The molecule has 7 heteroatoms. The van der Waals surface area contributed by atoms with Crippen molar-refractivity contribution < 1.29 is 19.4 Å². The number of methoxy groups -OCH3 is 1. The minimum absolute atomic E-state index is 0.0621. The van der Waals surface area contributed by atoms with Gasteiger partial charge < -0.3 is 15.2 Å². The van der Waals surface area contributed by atoms with Gasteiger partial charge in [-0.25, -0.2) is 5.43 Å². The Kier molecular flexibility index (Phi) is 7.22. The second-order valence-corrected chi connectivity index (χ2v) is 7.10. The van der Waals surface area contributed by atoms with Gasteiger partial charge in [-0.15, -0.1) is 0 Å². The maximum Gasteiger partial charge on any atom is 0.275 e. The van der Waals surface area contributed by atoms with Crippen LogP contribution in [0.15, 0.2) is 65.8 Å². The van der Waals surface area contributed by atoms with Crippen molar-refractivity contribution >= 4 is 28.3 Å². The topological polar surface area (TPSA) is 100 Å². The van der Waals surface area contributed by atoms with Crippen LogP contribution in [0.1, 0.15) is 29.3 Å². The second-order valence-electron chi connectivity index (χ2n) is 7.10. The Morgan fingerprint density at radius 2 is 1.77 bits per heavy atom. The molecule has 31 heavy (non-hydrogen) atoms. The zero-order valence-corrected chi connectivity index (χ0v) is 17.5. The predicted octanol–water partition coefficient (Wildman–Crippen LogP) is 3.41. The normalized spacial score (nSPS) is 11.2. The first-order valence-corrected chi connectivity index (χ1v) is 9.92. The molecule has 7 nitrogen and oxygen atoms in total. The summed E-state index contributed by atoms with van der Waals surface area (Å²) in [6.45, 7) is 2.15. The van der Waals surface area contributed by atoms with Gasteiger partial charge in [0.15, 0.2) is 0 Å². The summed E-state index contributed by atoms with van der Waals surface area (Å²) < 4.78 is 5.12. The fourth-order valence-corrected chi connectivity index (χ4v) is 3.12. The summed E-state index contributed by atoms with van der Waals surface area (Å²) in [5.74, 6) is -0.0292. The molecule has 3 N–H and O–H groups in total. The molecule has 160 valence electrons. The molecule has 3 aromatic carbocycles. The molecule has 0 atom stereocenters. The number of carbonyl (C=O) groups excluding carboxylic acids is 2. The molecule has 0 saturated heterocycles. The summed E-state index contributed by atoms with van der Waals surface area (Å²) in [6.07, 6.45) is 0.760. The molecule has 3 aromatic rings. The number of rotatable bonds is 8. The van der Waals surface area contributed by atoms with Gasteiger partial charge in [0.25, 0.3) is 5.91 Å². The van der Waals surface area contributed by atoms with E-state index >= 15 is 0 Å². The number of phenolic OH excluding ortho intramolecular Hbond substituents is 1. The fourth-order valence-electron chi connectivity index (χ4n) is 3.12. The Morgan fingerprint density at radius 3 is 2.52 bits per heavy atom. The molecule has 0 aliphatic rings. The predicted molar refractivity (Wildman–Crippen MR) is 121 cm³/mol. The molecule has 3 rings (SSSR count). The summed E-state index contributed by atoms with van der Waals surface area (Å²) in [5.41, 5.74) is 4.07. The lowest BCUT2D eigenvalue weighted by Gasteiger charge is -2.08. The SMILES string of the molecule is COc1ccc(CCNC(=O)CC(C)=NNC(=O)c2ccc3ccccc3c2O)cc1. The third-order valence-corrected chi connectivity index (χ3v) is 4.80. The Hall–Kier alpha value is -3.87. The minimum Gasteiger partial charge on any atom is -0.506 e. The molecule has 0 aliphatic heterocycles. The number of carbonyl (C=O) groups is 2. The van der Waals surface area contributed by atoms with E-state index in [1.54, 1.807) is 38.3 Å². The highest BCUT2D eigenvalue weighted by atomic mass is 16.5.